The van der Waals surface area contributed by atoms with Crippen molar-refractivity contribution in [3.05, 3.63) is 106 Å². The summed E-state index contributed by atoms with van der Waals surface area (Å²) in [4.78, 5) is 23.6. The molecule has 0 radical (unpaired) electrons. The van der Waals surface area contributed by atoms with Gasteiger partial charge in [-0.25, -0.2) is 26.6 Å². The Labute approximate surface area is 214 Å². The van der Waals surface area contributed by atoms with Crippen LogP contribution in [0.5, 0.6) is 0 Å². The van der Waals surface area contributed by atoms with Crippen molar-refractivity contribution in [1.29, 1.82) is 0 Å². The number of nitrogens with two attached hydrogens (primary N) is 2. The first-order chi connectivity index (χ1) is 18.0. The van der Waals surface area contributed by atoms with Gasteiger partial charge in [-0.2, -0.15) is 0 Å². The van der Waals surface area contributed by atoms with Gasteiger partial charge in [-0.15, -0.1) is 0 Å². The van der Waals surface area contributed by atoms with Crippen LogP contribution < -0.4 is 26.8 Å². The van der Waals surface area contributed by atoms with Crippen LogP contribution in [0.4, 0.5) is 24.7 Å². The van der Waals surface area contributed by atoms with Crippen LogP contribution in [-0.2, 0) is 10.0 Å². The number of benzene rings is 2. The van der Waals surface area contributed by atoms with Crippen LogP contribution in [0.3, 0.4) is 0 Å². The number of nitrogens with one attached hydrogen (secondary N) is 2. The number of aromatic nitrogens is 3. The zero-order chi connectivity index (χ0) is 27.6. The van der Waals surface area contributed by atoms with E-state index in [1.165, 1.54) is 30.9 Å². The fraction of sp³-hybridized carbons (Fsp3) is 0. The Bertz CT molecular complexity index is 1800. The van der Waals surface area contributed by atoms with Crippen molar-refractivity contribution in [2.75, 3.05) is 10.5 Å². The molecule has 0 saturated carbocycles. The summed E-state index contributed by atoms with van der Waals surface area (Å²) in [5, 5.41) is 0.370. The van der Waals surface area contributed by atoms with Gasteiger partial charge in [0.05, 0.1) is 34.2 Å². The van der Waals surface area contributed by atoms with Gasteiger partial charge in [-0.1, -0.05) is 12.6 Å². The lowest BCUT2D eigenvalue weighted by Crippen LogP contribution is -2.27. The highest BCUT2D eigenvalue weighted by Gasteiger charge is 2.26. The number of hydrogen-bond donors (Lipinski definition) is 4. The van der Waals surface area contributed by atoms with Crippen molar-refractivity contribution < 1.29 is 26.4 Å². The van der Waals surface area contributed by atoms with E-state index in [0.717, 1.165) is 36.4 Å². The average Bonchev–Trinajstić information content (AvgIpc) is 3.24. The predicted octanol–water partition coefficient (Wildman–Crippen LogP) is 2.03. The van der Waals surface area contributed by atoms with Crippen LogP contribution in [0.25, 0.3) is 18.2 Å². The highest BCUT2D eigenvalue weighted by Crippen LogP contribution is 2.26. The highest BCUT2D eigenvalue weighted by atomic mass is 32.2. The Hall–Kier alpha value is -4.91. The monoisotopic (exact) mass is 540 g/mol. The number of ketones is 1. The number of nitrogens with zero attached hydrogens (tertiary/aromatic N) is 2. The Kier molecular flexibility index (Phi) is 7.04. The molecule has 0 spiro atoms. The molecule has 0 aliphatic rings. The van der Waals surface area contributed by atoms with Crippen LogP contribution in [0.1, 0.15) is 21.6 Å². The van der Waals surface area contributed by atoms with Gasteiger partial charge in [-0.05, 0) is 36.4 Å². The smallest absolute Gasteiger partial charge is 0.262 e. The number of rotatable bonds is 7. The first kappa shape index (κ1) is 26.2. The molecule has 194 valence electrons. The maximum atomic E-state index is 15.4. The molecule has 0 aliphatic carbocycles. The summed E-state index contributed by atoms with van der Waals surface area (Å²) in [6.07, 6.45) is 6.43. The first-order valence-electron chi connectivity index (χ1n) is 10.7. The minimum absolute atomic E-state index is 0.148. The zero-order valence-electron chi connectivity index (χ0n) is 19.4. The summed E-state index contributed by atoms with van der Waals surface area (Å²) in [6.45, 7) is 3.79. The van der Waals surface area contributed by atoms with Crippen molar-refractivity contribution >= 4 is 45.5 Å². The normalized spacial score (nSPS) is 12.5. The predicted molar refractivity (Wildman–Crippen MR) is 136 cm³/mol. The summed E-state index contributed by atoms with van der Waals surface area (Å²) >= 11 is 0. The zero-order valence-corrected chi connectivity index (χ0v) is 20.2. The molecule has 4 rings (SSSR count). The van der Waals surface area contributed by atoms with Gasteiger partial charge in [0, 0.05) is 34.1 Å². The summed E-state index contributed by atoms with van der Waals surface area (Å²) in [7, 11) is -4.46. The van der Waals surface area contributed by atoms with Gasteiger partial charge in [-0.3, -0.25) is 14.5 Å². The molecule has 13 heteroatoms. The minimum Gasteiger partial charge on any atom is -0.404 e. The molecular formula is C25H19F3N6O3S. The summed E-state index contributed by atoms with van der Waals surface area (Å²) in [5.41, 5.74) is 9.94. The van der Waals surface area contributed by atoms with Crippen molar-refractivity contribution in [1.82, 2.24) is 15.0 Å². The summed E-state index contributed by atoms with van der Waals surface area (Å²) in [6, 6.07) is 5.54. The molecule has 2 aromatic heterocycles. The number of halogens is 3. The number of sulfonamides is 1. The van der Waals surface area contributed by atoms with Gasteiger partial charge < -0.3 is 16.5 Å². The second-order valence-corrected chi connectivity index (χ2v) is 9.55. The van der Waals surface area contributed by atoms with Crippen LogP contribution in [0.15, 0.2) is 66.1 Å². The molecule has 4 aromatic rings. The lowest BCUT2D eigenvalue weighted by molar-refractivity contribution is 0.103. The topological polar surface area (TPSA) is 157 Å². The molecule has 2 heterocycles. The molecule has 9 nitrogen and oxygen atoms in total. The molecule has 0 bridgehead atoms. The number of allylic oxidation sites excluding steroid dienone is 1. The quantitative estimate of drug-likeness (QED) is 0.261. The van der Waals surface area contributed by atoms with Gasteiger partial charge in [0.15, 0.2) is 5.82 Å². The summed E-state index contributed by atoms with van der Waals surface area (Å²) in [5.74, 6) is -4.48. The molecule has 0 unspecified atom stereocenters. The van der Waals surface area contributed by atoms with Crippen LogP contribution in [0, 0.1) is 17.5 Å². The van der Waals surface area contributed by atoms with Gasteiger partial charge in [0.25, 0.3) is 10.0 Å². The molecule has 0 saturated heterocycles. The third-order valence-corrected chi connectivity index (χ3v) is 6.73. The van der Waals surface area contributed by atoms with Crippen molar-refractivity contribution in [2.45, 2.75) is 4.90 Å². The first-order valence-corrected chi connectivity index (χ1v) is 12.2. The van der Waals surface area contributed by atoms with Crippen molar-refractivity contribution in [3.8, 4) is 0 Å². The lowest BCUT2D eigenvalue weighted by atomic mass is 10.0. The van der Waals surface area contributed by atoms with Gasteiger partial charge in [0.2, 0.25) is 5.78 Å². The van der Waals surface area contributed by atoms with E-state index < -0.39 is 49.4 Å². The maximum absolute atomic E-state index is 15.4. The third kappa shape index (κ3) is 5.13. The molecular weight excluding hydrogens is 521 g/mol. The highest BCUT2D eigenvalue weighted by molar-refractivity contribution is 7.92. The van der Waals surface area contributed by atoms with E-state index in [1.54, 1.807) is 0 Å². The number of carbonyl (C=O) groups excluding carboxylic acids is 1. The van der Waals surface area contributed by atoms with Gasteiger partial charge >= 0.3 is 0 Å². The van der Waals surface area contributed by atoms with Crippen LogP contribution in [0.2, 0.25) is 0 Å². The van der Waals surface area contributed by atoms with E-state index in [1.807, 2.05) is 4.72 Å². The maximum Gasteiger partial charge on any atom is 0.262 e. The SMILES string of the molecule is C=c1[nH]cc(C(=O)c2c(F)ccc(NS(=O)(=O)c3cccc(F)c3)c2F)/c1=C/C(=C\N)c1cnc(N)cn1. The summed E-state index contributed by atoms with van der Waals surface area (Å²) < 4.78 is 70.9. The molecule has 0 aliphatic heterocycles. The largest absolute Gasteiger partial charge is 0.404 e. The molecule has 2 aromatic carbocycles. The molecule has 0 amide bonds. The fourth-order valence-corrected chi connectivity index (χ4v) is 4.58. The number of hydrogen-bond acceptors (Lipinski definition) is 7. The van der Waals surface area contributed by atoms with Crippen LogP contribution in [-0.4, -0.2) is 29.2 Å². The molecule has 0 atom stereocenters. The second kappa shape index (κ2) is 10.2. The minimum atomic E-state index is -4.46. The van der Waals surface area contributed by atoms with E-state index in [0.29, 0.717) is 11.3 Å². The number of anilines is 2. The van der Waals surface area contributed by atoms with E-state index in [9.17, 15) is 22.0 Å². The lowest BCUT2D eigenvalue weighted by Gasteiger charge is -2.12. The molecule has 6 N–H and O–H groups in total. The Morgan fingerprint density at radius 3 is 2.53 bits per heavy atom. The average molecular weight is 541 g/mol. The van der Waals surface area contributed by atoms with E-state index in [-0.39, 0.29) is 21.9 Å². The Balaban J connectivity index is 1.77. The number of H-pyrrole nitrogens is 1. The number of nitrogen functional groups attached to an aromatic ring is 1. The van der Waals surface area contributed by atoms with Crippen LogP contribution >= 0.6 is 0 Å². The van der Waals surface area contributed by atoms with Gasteiger partial charge in [0.1, 0.15) is 17.5 Å². The molecule has 38 heavy (non-hydrogen) atoms. The third-order valence-electron chi connectivity index (χ3n) is 5.37. The molecule has 0 fully saturated rings. The van der Waals surface area contributed by atoms with E-state index >= 15 is 4.39 Å². The standard InChI is InChI=1S/C25H19F3N6O3S/c1-13-17(7-14(9-29)21-11-33-22(30)12-32-21)18(10-31-13)25(35)23-19(27)5-6-20(24(23)28)34-38(36,37)16-4-2-3-15(26)8-16/h2-12,31,34H,1,29H2,(H2,30,33)/b14-9+,17-7+. The van der Waals surface area contributed by atoms with Crippen molar-refractivity contribution in [2.24, 2.45) is 5.73 Å². The fourth-order valence-electron chi connectivity index (χ4n) is 3.49. The van der Waals surface area contributed by atoms with E-state index in [2.05, 4.69) is 21.5 Å². The second-order valence-electron chi connectivity index (χ2n) is 7.86. The number of aromatic amines is 1. The Morgan fingerprint density at radius 2 is 1.87 bits per heavy atom. The number of carbonyl (C=O) groups is 1. The van der Waals surface area contributed by atoms with Crippen molar-refractivity contribution in [3.63, 3.8) is 0 Å². The van der Waals surface area contributed by atoms with E-state index in [4.69, 9.17) is 11.5 Å². The Morgan fingerprint density at radius 1 is 1.11 bits per heavy atom.